The van der Waals surface area contributed by atoms with Gasteiger partial charge in [0.05, 0.1) is 4.92 Å². The van der Waals surface area contributed by atoms with E-state index in [9.17, 15) is 14.9 Å². The molecule has 0 saturated carbocycles. The highest BCUT2D eigenvalue weighted by Crippen LogP contribution is 2.30. The fourth-order valence-electron chi connectivity index (χ4n) is 2.60. The molecule has 0 radical (unpaired) electrons. The summed E-state index contributed by atoms with van der Waals surface area (Å²) in [4.78, 5) is 30.5. The summed E-state index contributed by atoms with van der Waals surface area (Å²) >= 11 is 5.98. The molecule has 3 rings (SSSR count). The van der Waals surface area contributed by atoms with Gasteiger partial charge in [0.25, 0.3) is 0 Å². The molecule has 1 aromatic heterocycles. The summed E-state index contributed by atoms with van der Waals surface area (Å²) in [6.07, 6.45) is 0. The van der Waals surface area contributed by atoms with E-state index in [1.54, 1.807) is 48.5 Å². The number of aryl methyl sites for hydroxylation is 1. The Labute approximate surface area is 171 Å². The molecular formula is C19H17ClN6O3. The van der Waals surface area contributed by atoms with Crippen molar-refractivity contribution in [3.63, 3.8) is 0 Å². The van der Waals surface area contributed by atoms with Gasteiger partial charge in [0.1, 0.15) is 5.69 Å². The van der Waals surface area contributed by atoms with Gasteiger partial charge in [0.2, 0.25) is 17.7 Å². The minimum atomic E-state index is -0.535. The van der Waals surface area contributed by atoms with Gasteiger partial charge >= 0.3 is 5.69 Å². The summed E-state index contributed by atoms with van der Waals surface area (Å²) < 4.78 is 0. The minimum Gasteiger partial charge on any atom is -0.334 e. The van der Waals surface area contributed by atoms with E-state index in [4.69, 9.17) is 11.6 Å². The highest BCUT2D eigenvalue weighted by molar-refractivity contribution is 6.30. The molecule has 0 bridgehead atoms. The summed E-state index contributed by atoms with van der Waals surface area (Å²) in [5.41, 5.74) is 1.80. The quantitative estimate of drug-likeness (QED) is 0.392. The maximum absolute atomic E-state index is 11.5. The molecule has 0 fully saturated rings. The second kappa shape index (κ2) is 8.53. The second-order valence-corrected chi connectivity index (χ2v) is 6.54. The highest BCUT2D eigenvalue weighted by Gasteiger charge is 2.22. The molecule has 1 amide bonds. The summed E-state index contributed by atoms with van der Waals surface area (Å²) in [7, 11) is 0. The van der Waals surface area contributed by atoms with Gasteiger partial charge in [-0.05, 0) is 49.4 Å². The molecule has 3 N–H and O–H groups in total. The molecule has 0 aliphatic carbocycles. The number of hydrogen-bond donors (Lipinski definition) is 3. The van der Waals surface area contributed by atoms with Gasteiger partial charge in [-0.15, -0.1) is 0 Å². The first-order chi connectivity index (χ1) is 13.8. The number of benzene rings is 2. The Hall–Kier alpha value is -3.72. The van der Waals surface area contributed by atoms with Crippen LogP contribution in [0.5, 0.6) is 0 Å². The molecule has 148 valence electrons. The molecular weight excluding hydrogens is 396 g/mol. The first kappa shape index (κ1) is 20.0. The number of aromatic nitrogens is 2. The van der Waals surface area contributed by atoms with E-state index in [0.717, 1.165) is 0 Å². The Morgan fingerprint density at radius 1 is 1.03 bits per heavy atom. The Kier molecular flexibility index (Phi) is 5.89. The number of nitrogens with zero attached hydrogens (tertiary/aromatic N) is 3. The molecule has 0 spiro atoms. The zero-order chi connectivity index (χ0) is 21.0. The molecule has 3 aromatic rings. The molecule has 0 aliphatic rings. The van der Waals surface area contributed by atoms with Crippen LogP contribution in [0.4, 0.5) is 34.5 Å². The van der Waals surface area contributed by atoms with Crippen LogP contribution in [0.2, 0.25) is 5.02 Å². The largest absolute Gasteiger partial charge is 0.334 e. The zero-order valence-electron chi connectivity index (χ0n) is 15.6. The van der Waals surface area contributed by atoms with Crippen LogP contribution in [0.15, 0.2) is 48.5 Å². The van der Waals surface area contributed by atoms with E-state index < -0.39 is 4.92 Å². The van der Waals surface area contributed by atoms with Crippen molar-refractivity contribution in [2.75, 3.05) is 16.0 Å². The van der Waals surface area contributed by atoms with Gasteiger partial charge in [0.15, 0.2) is 0 Å². The lowest BCUT2D eigenvalue weighted by molar-refractivity contribution is -0.385. The molecule has 0 unspecified atom stereocenters. The van der Waals surface area contributed by atoms with E-state index in [2.05, 4.69) is 25.9 Å². The summed E-state index contributed by atoms with van der Waals surface area (Å²) in [6.45, 7) is 2.95. The number of amides is 1. The molecule has 0 saturated heterocycles. The fraction of sp³-hybridized carbons (Fsp3) is 0.105. The predicted molar refractivity (Wildman–Crippen MR) is 112 cm³/mol. The maximum atomic E-state index is 11.5. The van der Waals surface area contributed by atoms with Crippen molar-refractivity contribution >= 4 is 52.0 Å². The number of carbonyl (C=O) groups is 1. The Morgan fingerprint density at radius 2 is 1.72 bits per heavy atom. The maximum Gasteiger partial charge on any atom is 0.332 e. The summed E-state index contributed by atoms with van der Waals surface area (Å²) in [6, 6.07) is 13.7. The van der Waals surface area contributed by atoms with Crippen LogP contribution in [0, 0.1) is 17.0 Å². The van der Waals surface area contributed by atoms with Crippen LogP contribution in [0.3, 0.4) is 0 Å². The molecule has 1 heterocycles. The SMILES string of the molecule is CC(=O)Nc1ccc(Nc2nc(Nc3cccc(Cl)c3)nc(C)c2[N+](=O)[O-])cc1. The monoisotopic (exact) mass is 412 g/mol. The van der Waals surface area contributed by atoms with Crippen molar-refractivity contribution in [1.82, 2.24) is 9.97 Å². The number of halogens is 1. The third-order valence-corrected chi connectivity index (χ3v) is 4.02. The molecule has 29 heavy (non-hydrogen) atoms. The van der Waals surface area contributed by atoms with E-state index in [1.165, 1.54) is 13.8 Å². The van der Waals surface area contributed by atoms with Crippen molar-refractivity contribution < 1.29 is 9.72 Å². The third-order valence-electron chi connectivity index (χ3n) is 3.79. The van der Waals surface area contributed by atoms with Crippen LogP contribution in [-0.2, 0) is 4.79 Å². The van der Waals surface area contributed by atoms with E-state index in [0.29, 0.717) is 22.1 Å². The van der Waals surface area contributed by atoms with Crippen molar-refractivity contribution in [2.45, 2.75) is 13.8 Å². The van der Waals surface area contributed by atoms with Crippen molar-refractivity contribution in [2.24, 2.45) is 0 Å². The van der Waals surface area contributed by atoms with Crippen LogP contribution in [0.25, 0.3) is 0 Å². The Morgan fingerprint density at radius 3 is 2.34 bits per heavy atom. The first-order valence-corrected chi connectivity index (χ1v) is 8.90. The predicted octanol–water partition coefficient (Wildman–Crippen LogP) is 4.79. The summed E-state index contributed by atoms with van der Waals surface area (Å²) in [5, 5.41) is 20.6. The van der Waals surface area contributed by atoms with E-state index in [1.807, 2.05) is 0 Å². The molecule has 10 heteroatoms. The molecule has 2 aromatic carbocycles. The smallest absolute Gasteiger partial charge is 0.332 e. The average molecular weight is 413 g/mol. The van der Waals surface area contributed by atoms with Gasteiger partial charge in [-0.25, -0.2) is 4.98 Å². The zero-order valence-corrected chi connectivity index (χ0v) is 16.3. The van der Waals surface area contributed by atoms with Crippen molar-refractivity contribution in [1.29, 1.82) is 0 Å². The second-order valence-electron chi connectivity index (χ2n) is 6.11. The normalized spacial score (nSPS) is 10.3. The standard InChI is InChI=1S/C19H17ClN6O3/c1-11-17(26(28)29)18(23-15-8-6-14(7-9-15)22-12(2)27)25-19(21-11)24-16-5-3-4-13(20)10-16/h3-10H,1-2H3,(H,22,27)(H2,21,23,24,25). The van der Waals surface area contributed by atoms with Crippen LogP contribution >= 0.6 is 11.6 Å². The Balaban J connectivity index is 1.92. The van der Waals surface area contributed by atoms with Gasteiger partial charge < -0.3 is 16.0 Å². The minimum absolute atomic E-state index is 0.0410. The van der Waals surface area contributed by atoms with Crippen LogP contribution < -0.4 is 16.0 Å². The fourth-order valence-corrected chi connectivity index (χ4v) is 2.79. The molecule has 9 nitrogen and oxygen atoms in total. The van der Waals surface area contributed by atoms with Gasteiger partial charge in [0, 0.05) is 29.0 Å². The van der Waals surface area contributed by atoms with Crippen molar-refractivity contribution in [3.05, 3.63) is 69.4 Å². The van der Waals surface area contributed by atoms with Gasteiger partial charge in [-0.3, -0.25) is 14.9 Å². The lowest BCUT2D eigenvalue weighted by Gasteiger charge is -2.11. The lowest BCUT2D eigenvalue weighted by Crippen LogP contribution is -2.08. The average Bonchev–Trinajstić information content (AvgIpc) is 2.62. The van der Waals surface area contributed by atoms with Gasteiger partial charge in [-0.2, -0.15) is 4.98 Å². The number of carbonyl (C=O) groups excluding carboxylic acids is 1. The number of hydrogen-bond acceptors (Lipinski definition) is 7. The van der Waals surface area contributed by atoms with Gasteiger partial charge in [-0.1, -0.05) is 17.7 Å². The van der Waals surface area contributed by atoms with Crippen molar-refractivity contribution in [3.8, 4) is 0 Å². The van der Waals surface area contributed by atoms with E-state index >= 15 is 0 Å². The first-order valence-electron chi connectivity index (χ1n) is 8.52. The van der Waals surface area contributed by atoms with E-state index in [-0.39, 0.29) is 29.1 Å². The Bertz CT molecular complexity index is 1070. The highest BCUT2D eigenvalue weighted by atomic mass is 35.5. The topological polar surface area (TPSA) is 122 Å². The third kappa shape index (κ3) is 5.17. The lowest BCUT2D eigenvalue weighted by atomic mass is 10.2. The molecule has 0 aliphatic heterocycles. The molecule has 0 atom stereocenters. The van der Waals surface area contributed by atoms with Crippen LogP contribution in [0.1, 0.15) is 12.6 Å². The summed E-state index contributed by atoms with van der Waals surface area (Å²) in [5.74, 6) is 0.0385. The number of nitro groups is 1. The number of rotatable bonds is 6. The van der Waals surface area contributed by atoms with Crippen LogP contribution in [-0.4, -0.2) is 20.8 Å². The number of anilines is 5. The number of nitrogens with one attached hydrogen (secondary N) is 3.